The number of aliphatic hydroxyl groups excluding tert-OH is 1. The summed E-state index contributed by atoms with van der Waals surface area (Å²) in [4.78, 5) is 0. The summed E-state index contributed by atoms with van der Waals surface area (Å²) in [5, 5.41) is 12.9. The molecule has 0 rings (SSSR count). The first-order valence-corrected chi connectivity index (χ1v) is 7.10. The SMILES string of the molecule is CCCCCCCCC(CC)(CO)NCC. The number of hydrogen-bond donors (Lipinski definition) is 2. The Balaban J connectivity index is 3.67. The van der Waals surface area contributed by atoms with E-state index in [1.54, 1.807) is 0 Å². The first-order chi connectivity index (χ1) is 7.74. The average molecular weight is 229 g/mol. The molecule has 0 heterocycles. The van der Waals surface area contributed by atoms with Crippen LogP contribution in [0, 0.1) is 0 Å². The van der Waals surface area contributed by atoms with Gasteiger partial charge in [-0.05, 0) is 19.4 Å². The van der Waals surface area contributed by atoms with Crippen LogP contribution in [0.15, 0.2) is 0 Å². The molecule has 16 heavy (non-hydrogen) atoms. The van der Waals surface area contributed by atoms with Gasteiger partial charge in [-0.15, -0.1) is 0 Å². The lowest BCUT2D eigenvalue weighted by Gasteiger charge is -2.31. The van der Waals surface area contributed by atoms with Crippen molar-refractivity contribution in [1.82, 2.24) is 5.32 Å². The second-order valence-corrected chi connectivity index (χ2v) is 4.84. The van der Waals surface area contributed by atoms with Crippen molar-refractivity contribution in [2.45, 2.75) is 77.7 Å². The number of hydrogen-bond acceptors (Lipinski definition) is 2. The molecule has 1 atom stereocenters. The molecule has 0 aliphatic carbocycles. The zero-order valence-corrected chi connectivity index (χ0v) is 11.5. The average Bonchev–Trinajstić information content (AvgIpc) is 2.32. The molecule has 2 heteroatoms. The Morgan fingerprint density at radius 2 is 1.56 bits per heavy atom. The van der Waals surface area contributed by atoms with Crippen molar-refractivity contribution < 1.29 is 5.11 Å². The van der Waals surface area contributed by atoms with Crippen LogP contribution in [-0.2, 0) is 0 Å². The van der Waals surface area contributed by atoms with Gasteiger partial charge in [0.1, 0.15) is 0 Å². The predicted octanol–water partition coefficient (Wildman–Crippen LogP) is 3.49. The third-order valence-corrected chi connectivity index (χ3v) is 3.54. The standard InChI is InChI=1S/C14H31NO/c1-4-7-8-9-10-11-12-14(5-2,13-16)15-6-3/h15-16H,4-13H2,1-3H3. The maximum Gasteiger partial charge on any atom is 0.0613 e. The van der Waals surface area contributed by atoms with Crippen LogP contribution in [0.3, 0.4) is 0 Å². The molecule has 0 saturated heterocycles. The fourth-order valence-electron chi connectivity index (χ4n) is 2.26. The Morgan fingerprint density at radius 1 is 0.938 bits per heavy atom. The largest absolute Gasteiger partial charge is 0.394 e. The summed E-state index contributed by atoms with van der Waals surface area (Å²) in [6.07, 6.45) is 10.1. The Hall–Kier alpha value is -0.0800. The zero-order chi connectivity index (χ0) is 12.3. The summed E-state index contributed by atoms with van der Waals surface area (Å²) < 4.78 is 0. The van der Waals surface area contributed by atoms with Gasteiger partial charge in [-0.1, -0.05) is 59.3 Å². The molecule has 2 nitrogen and oxygen atoms in total. The summed E-state index contributed by atoms with van der Waals surface area (Å²) in [6.45, 7) is 7.74. The molecule has 0 aromatic rings. The van der Waals surface area contributed by atoms with Crippen molar-refractivity contribution in [3.63, 3.8) is 0 Å². The number of aliphatic hydroxyl groups is 1. The maximum absolute atomic E-state index is 9.49. The summed E-state index contributed by atoms with van der Waals surface area (Å²) in [5.74, 6) is 0. The molecular formula is C14H31NO. The lowest BCUT2D eigenvalue weighted by molar-refractivity contribution is 0.145. The van der Waals surface area contributed by atoms with E-state index in [1.807, 2.05) is 0 Å². The highest BCUT2D eigenvalue weighted by atomic mass is 16.3. The normalized spacial score (nSPS) is 15.0. The highest BCUT2D eigenvalue weighted by Gasteiger charge is 2.24. The van der Waals surface area contributed by atoms with E-state index < -0.39 is 0 Å². The quantitative estimate of drug-likeness (QED) is 0.532. The molecule has 1 unspecified atom stereocenters. The van der Waals surface area contributed by atoms with E-state index in [1.165, 1.54) is 38.5 Å². The molecule has 98 valence electrons. The lowest BCUT2D eigenvalue weighted by Crippen LogP contribution is -2.47. The van der Waals surface area contributed by atoms with Crippen molar-refractivity contribution in [3.8, 4) is 0 Å². The maximum atomic E-state index is 9.49. The summed E-state index contributed by atoms with van der Waals surface area (Å²) in [6, 6.07) is 0. The first kappa shape index (κ1) is 15.9. The van der Waals surface area contributed by atoms with Crippen molar-refractivity contribution >= 4 is 0 Å². The molecule has 0 amide bonds. The lowest BCUT2D eigenvalue weighted by atomic mass is 9.90. The first-order valence-electron chi connectivity index (χ1n) is 7.10. The zero-order valence-electron chi connectivity index (χ0n) is 11.5. The molecule has 0 aromatic carbocycles. The van der Waals surface area contributed by atoms with Gasteiger partial charge in [0.05, 0.1) is 6.61 Å². The molecular weight excluding hydrogens is 198 g/mol. The van der Waals surface area contributed by atoms with Crippen LogP contribution in [-0.4, -0.2) is 23.8 Å². The molecule has 0 spiro atoms. The van der Waals surface area contributed by atoms with Crippen LogP contribution in [0.2, 0.25) is 0 Å². The monoisotopic (exact) mass is 229 g/mol. The molecule has 2 N–H and O–H groups in total. The number of nitrogens with one attached hydrogen (secondary N) is 1. The van der Waals surface area contributed by atoms with Crippen LogP contribution in [0.1, 0.15) is 72.1 Å². The van der Waals surface area contributed by atoms with E-state index in [0.29, 0.717) is 0 Å². The number of likely N-dealkylation sites (N-methyl/N-ethyl adjacent to an activating group) is 1. The molecule has 0 radical (unpaired) electrons. The van der Waals surface area contributed by atoms with Gasteiger partial charge in [0.2, 0.25) is 0 Å². The van der Waals surface area contributed by atoms with E-state index in [2.05, 4.69) is 26.1 Å². The Labute approximate surface area is 102 Å². The summed E-state index contributed by atoms with van der Waals surface area (Å²) >= 11 is 0. The minimum Gasteiger partial charge on any atom is -0.394 e. The highest BCUT2D eigenvalue weighted by Crippen LogP contribution is 2.19. The van der Waals surface area contributed by atoms with Gasteiger partial charge < -0.3 is 10.4 Å². The van der Waals surface area contributed by atoms with Crippen LogP contribution in [0.25, 0.3) is 0 Å². The Kier molecular flexibility index (Phi) is 10.0. The van der Waals surface area contributed by atoms with Gasteiger partial charge in [-0.3, -0.25) is 0 Å². The van der Waals surface area contributed by atoms with Crippen molar-refractivity contribution in [3.05, 3.63) is 0 Å². The Morgan fingerprint density at radius 3 is 2.06 bits per heavy atom. The van der Waals surface area contributed by atoms with E-state index >= 15 is 0 Å². The van der Waals surface area contributed by atoms with Gasteiger partial charge in [0, 0.05) is 5.54 Å². The second kappa shape index (κ2) is 10.1. The Bertz CT molecular complexity index is 144. The van der Waals surface area contributed by atoms with Gasteiger partial charge >= 0.3 is 0 Å². The van der Waals surface area contributed by atoms with Crippen LogP contribution in [0.4, 0.5) is 0 Å². The van der Waals surface area contributed by atoms with E-state index in [0.717, 1.165) is 19.4 Å². The smallest absolute Gasteiger partial charge is 0.0613 e. The summed E-state index contributed by atoms with van der Waals surface area (Å²) in [7, 11) is 0. The predicted molar refractivity (Wildman–Crippen MR) is 71.8 cm³/mol. The molecule has 0 bridgehead atoms. The number of rotatable bonds is 11. The van der Waals surface area contributed by atoms with Crippen LogP contribution >= 0.6 is 0 Å². The minimum absolute atomic E-state index is 0.0144. The number of unbranched alkanes of at least 4 members (excludes halogenated alkanes) is 5. The molecule has 0 aliphatic rings. The fraction of sp³-hybridized carbons (Fsp3) is 1.00. The van der Waals surface area contributed by atoms with E-state index in [9.17, 15) is 5.11 Å². The topological polar surface area (TPSA) is 32.3 Å². The molecule has 0 fully saturated rings. The van der Waals surface area contributed by atoms with Gasteiger partial charge in [-0.2, -0.15) is 0 Å². The minimum atomic E-state index is -0.0144. The molecule has 0 aliphatic heterocycles. The molecule has 0 saturated carbocycles. The van der Waals surface area contributed by atoms with Crippen molar-refractivity contribution in [1.29, 1.82) is 0 Å². The third kappa shape index (κ3) is 6.49. The highest BCUT2D eigenvalue weighted by molar-refractivity contribution is 4.85. The van der Waals surface area contributed by atoms with Crippen LogP contribution in [0.5, 0.6) is 0 Å². The van der Waals surface area contributed by atoms with E-state index in [-0.39, 0.29) is 12.1 Å². The van der Waals surface area contributed by atoms with Crippen molar-refractivity contribution in [2.24, 2.45) is 0 Å². The van der Waals surface area contributed by atoms with Crippen LogP contribution < -0.4 is 5.32 Å². The van der Waals surface area contributed by atoms with Gasteiger partial charge in [0.25, 0.3) is 0 Å². The fourth-order valence-corrected chi connectivity index (χ4v) is 2.26. The van der Waals surface area contributed by atoms with Gasteiger partial charge in [0.15, 0.2) is 0 Å². The second-order valence-electron chi connectivity index (χ2n) is 4.84. The summed E-state index contributed by atoms with van der Waals surface area (Å²) in [5.41, 5.74) is -0.0144. The van der Waals surface area contributed by atoms with Gasteiger partial charge in [-0.25, -0.2) is 0 Å². The molecule has 0 aromatic heterocycles. The van der Waals surface area contributed by atoms with E-state index in [4.69, 9.17) is 0 Å². The third-order valence-electron chi connectivity index (χ3n) is 3.54. The van der Waals surface area contributed by atoms with Crippen molar-refractivity contribution in [2.75, 3.05) is 13.2 Å².